The number of ether oxygens (including phenoxy) is 1. The van der Waals surface area contributed by atoms with Gasteiger partial charge in [-0.15, -0.1) is 6.42 Å². The molecule has 250 valence electrons. The Kier molecular flexibility index (Phi) is 8.28. The summed E-state index contributed by atoms with van der Waals surface area (Å²) in [5.41, 5.74) is -0.353. The van der Waals surface area contributed by atoms with Crippen LogP contribution in [-0.4, -0.2) is 70.8 Å². The molecule has 1 atom stereocenters. The SMILES string of the molecule is C#Cc1c(F)ccc2cc(O)cc(-c3ncc4c(N5CC6=CCC(CN6)C5)nc(OCC5(CN(CC)CC)CC5)nc4c3C(F)(F)Cl)c12. The van der Waals surface area contributed by atoms with Gasteiger partial charge in [0.2, 0.25) is 0 Å². The first kappa shape index (κ1) is 32.3. The Morgan fingerprint density at radius 2 is 2.02 bits per heavy atom. The van der Waals surface area contributed by atoms with Gasteiger partial charge in [-0.3, -0.25) is 4.98 Å². The highest BCUT2D eigenvalue weighted by atomic mass is 35.5. The quantitative estimate of drug-likeness (QED) is 0.141. The summed E-state index contributed by atoms with van der Waals surface area (Å²) in [7, 11) is 0. The van der Waals surface area contributed by atoms with E-state index in [4.69, 9.17) is 27.7 Å². The summed E-state index contributed by atoms with van der Waals surface area (Å²) in [5.74, 6) is 2.06. The smallest absolute Gasteiger partial charge is 0.352 e. The summed E-state index contributed by atoms with van der Waals surface area (Å²) < 4.78 is 52.9. The number of terminal acetylenes is 1. The van der Waals surface area contributed by atoms with Crippen LogP contribution in [0.25, 0.3) is 32.9 Å². The number of halogens is 4. The average molecular weight is 677 g/mol. The van der Waals surface area contributed by atoms with Gasteiger partial charge in [-0.05, 0) is 73.5 Å². The van der Waals surface area contributed by atoms with Crippen molar-refractivity contribution in [2.45, 2.75) is 38.5 Å². The molecule has 8 nitrogen and oxygen atoms in total. The number of alkyl halides is 3. The van der Waals surface area contributed by atoms with Crippen molar-refractivity contribution >= 4 is 39.1 Å². The van der Waals surface area contributed by atoms with E-state index in [1.807, 2.05) is 4.90 Å². The Hall–Kier alpha value is -4.27. The summed E-state index contributed by atoms with van der Waals surface area (Å²) in [6, 6.07) is 5.16. The molecule has 0 spiro atoms. The van der Waals surface area contributed by atoms with Gasteiger partial charge in [0.05, 0.1) is 40.9 Å². The number of benzene rings is 2. The topological polar surface area (TPSA) is 86.6 Å². The number of allylic oxidation sites excluding steroid dienone is 1. The summed E-state index contributed by atoms with van der Waals surface area (Å²) in [4.78, 5) is 18.3. The minimum absolute atomic E-state index is 0.00404. The average Bonchev–Trinajstić information content (AvgIpc) is 3.89. The maximum atomic E-state index is 15.8. The molecule has 2 aromatic carbocycles. The number of hydrogen-bond donors (Lipinski definition) is 2. The summed E-state index contributed by atoms with van der Waals surface area (Å²) in [5, 5.41) is 10.8. The molecule has 2 aromatic heterocycles. The number of nitrogens with zero attached hydrogens (tertiary/aromatic N) is 5. The highest BCUT2D eigenvalue weighted by molar-refractivity contribution is 6.23. The molecule has 3 aliphatic heterocycles. The van der Waals surface area contributed by atoms with Gasteiger partial charge in [0.25, 0.3) is 0 Å². The number of fused-ring (bicyclic) bond motifs is 6. The van der Waals surface area contributed by atoms with Gasteiger partial charge in [-0.2, -0.15) is 18.7 Å². The Morgan fingerprint density at radius 1 is 1.23 bits per heavy atom. The fraction of sp³-hybridized carbons (Fsp3) is 0.417. The van der Waals surface area contributed by atoms with E-state index in [-0.39, 0.29) is 56.2 Å². The second kappa shape index (κ2) is 12.3. The number of anilines is 1. The Balaban J connectivity index is 1.44. The molecule has 1 saturated carbocycles. The monoisotopic (exact) mass is 676 g/mol. The van der Waals surface area contributed by atoms with Crippen LogP contribution in [0.15, 0.2) is 42.2 Å². The van der Waals surface area contributed by atoms with Gasteiger partial charge in [0.1, 0.15) is 17.4 Å². The minimum Gasteiger partial charge on any atom is -0.508 e. The van der Waals surface area contributed by atoms with Gasteiger partial charge >= 0.3 is 11.4 Å². The van der Waals surface area contributed by atoms with Crippen LogP contribution in [0, 0.1) is 29.5 Å². The van der Waals surface area contributed by atoms with Gasteiger partial charge < -0.3 is 25.0 Å². The summed E-state index contributed by atoms with van der Waals surface area (Å²) in [6.07, 6.45) is 12.1. The predicted octanol–water partition coefficient (Wildman–Crippen LogP) is 6.77. The molecule has 4 aliphatic rings. The van der Waals surface area contributed by atoms with Crippen molar-refractivity contribution in [3.05, 3.63) is 59.2 Å². The van der Waals surface area contributed by atoms with Crippen LogP contribution in [0.5, 0.6) is 11.8 Å². The summed E-state index contributed by atoms with van der Waals surface area (Å²) in [6.45, 7) is 9.16. The molecule has 1 unspecified atom stereocenters. The lowest BCUT2D eigenvalue weighted by molar-refractivity contribution is 0.0968. The number of phenolic OH excluding ortho intramolecular Hbond substituents is 1. The molecule has 4 aromatic rings. The van der Waals surface area contributed by atoms with Crippen LogP contribution >= 0.6 is 11.6 Å². The standard InChI is InChI=1S/C36H36ClF3N6O2/c1-4-25-28(38)10-8-22-13-24(47)14-26(29(22)25)31-30(36(37,39)40)32-27(16-42-31)33(46-17-21-7-9-23(18-46)41-15-21)44-34(43-32)48-20-35(11-12-35)19-45(5-2)6-3/h1,8-10,13-14,16,21,41,47H,5-7,11-12,15,17-20H2,2-3H3. The van der Waals surface area contributed by atoms with Crippen molar-refractivity contribution in [1.82, 2.24) is 25.2 Å². The zero-order valence-corrected chi connectivity index (χ0v) is 27.5. The molecular formula is C36H36ClF3N6O2. The molecule has 1 saturated heterocycles. The van der Waals surface area contributed by atoms with Crippen LogP contribution < -0.4 is 15.0 Å². The first-order valence-electron chi connectivity index (χ1n) is 16.3. The molecule has 0 radical (unpaired) electrons. The van der Waals surface area contributed by atoms with Crippen LogP contribution in [0.4, 0.5) is 19.0 Å². The normalized spacial score (nSPS) is 18.5. The highest BCUT2D eigenvalue weighted by Gasteiger charge is 2.45. The van der Waals surface area contributed by atoms with Crippen LogP contribution in [0.2, 0.25) is 0 Å². The van der Waals surface area contributed by atoms with E-state index in [9.17, 15) is 9.50 Å². The van der Waals surface area contributed by atoms with E-state index in [0.29, 0.717) is 30.9 Å². The zero-order valence-electron chi connectivity index (χ0n) is 26.8. The van der Waals surface area contributed by atoms with Gasteiger partial charge in [-0.1, -0.05) is 31.9 Å². The predicted molar refractivity (Wildman–Crippen MR) is 181 cm³/mol. The molecule has 1 aliphatic carbocycles. The third-order valence-corrected chi connectivity index (χ3v) is 10.00. The number of aromatic nitrogens is 3. The van der Waals surface area contributed by atoms with Crippen molar-refractivity contribution in [2.24, 2.45) is 11.3 Å². The number of aromatic hydroxyl groups is 1. The largest absolute Gasteiger partial charge is 0.508 e. The highest BCUT2D eigenvalue weighted by Crippen LogP contribution is 2.48. The maximum absolute atomic E-state index is 15.8. The molecule has 8 rings (SSSR count). The van der Waals surface area contributed by atoms with E-state index in [0.717, 1.165) is 51.1 Å². The molecule has 0 amide bonds. The van der Waals surface area contributed by atoms with Gasteiger partial charge in [0, 0.05) is 47.9 Å². The lowest BCUT2D eigenvalue weighted by Crippen LogP contribution is -2.33. The molecule has 5 heterocycles. The second-order valence-corrected chi connectivity index (χ2v) is 13.5. The van der Waals surface area contributed by atoms with E-state index in [1.54, 1.807) is 0 Å². The van der Waals surface area contributed by atoms with Crippen LogP contribution in [0.1, 0.15) is 44.2 Å². The Labute approximate surface area is 282 Å². The minimum atomic E-state index is -3.99. The molecule has 12 heteroatoms. The van der Waals surface area contributed by atoms with E-state index in [1.165, 1.54) is 30.5 Å². The van der Waals surface area contributed by atoms with Gasteiger partial charge in [0.15, 0.2) is 0 Å². The third-order valence-electron chi connectivity index (χ3n) is 9.81. The zero-order chi connectivity index (χ0) is 33.8. The summed E-state index contributed by atoms with van der Waals surface area (Å²) >= 11 is 5.92. The second-order valence-electron chi connectivity index (χ2n) is 13.1. The fourth-order valence-electron chi connectivity index (χ4n) is 6.99. The van der Waals surface area contributed by atoms with Gasteiger partial charge in [-0.25, -0.2) is 4.39 Å². The molecule has 2 fully saturated rings. The molecule has 2 bridgehead atoms. The number of hydrogen-bond acceptors (Lipinski definition) is 8. The first-order valence-corrected chi connectivity index (χ1v) is 16.6. The molecule has 2 N–H and O–H groups in total. The lowest BCUT2D eigenvalue weighted by atomic mass is 9.93. The number of pyridine rings is 1. The Morgan fingerprint density at radius 3 is 2.69 bits per heavy atom. The lowest BCUT2D eigenvalue weighted by Gasteiger charge is -2.27. The van der Waals surface area contributed by atoms with Crippen molar-refractivity contribution in [3.8, 4) is 35.4 Å². The number of nitrogens with one attached hydrogen (secondary N) is 1. The first-order chi connectivity index (χ1) is 23.0. The van der Waals surface area contributed by atoms with Crippen molar-refractivity contribution in [2.75, 3.05) is 50.8 Å². The molecular weight excluding hydrogens is 641 g/mol. The fourth-order valence-corrected chi connectivity index (χ4v) is 7.17. The molecule has 48 heavy (non-hydrogen) atoms. The van der Waals surface area contributed by atoms with E-state index >= 15 is 8.78 Å². The van der Waals surface area contributed by atoms with Crippen LogP contribution in [-0.2, 0) is 5.38 Å². The van der Waals surface area contributed by atoms with Crippen molar-refractivity contribution < 1.29 is 23.0 Å². The van der Waals surface area contributed by atoms with Crippen molar-refractivity contribution in [3.63, 3.8) is 0 Å². The number of rotatable bonds is 10. The van der Waals surface area contributed by atoms with E-state index < -0.39 is 16.8 Å². The third kappa shape index (κ3) is 5.96. The Bertz CT molecular complexity index is 1980. The van der Waals surface area contributed by atoms with E-state index in [2.05, 4.69) is 46.0 Å². The number of phenols is 1. The van der Waals surface area contributed by atoms with Crippen LogP contribution in [0.3, 0.4) is 0 Å². The van der Waals surface area contributed by atoms with Crippen molar-refractivity contribution in [1.29, 1.82) is 0 Å². The maximum Gasteiger partial charge on any atom is 0.352 e.